The molecule has 160 valence electrons. The second kappa shape index (κ2) is 8.39. The highest BCUT2D eigenvalue weighted by Gasteiger charge is 2.41. The van der Waals surface area contributed by atoms with E-state index in [1.807, 2.05) is 26.1 Å². The van der Waals surface area contributed by atoms with Crippen molar-refractivity contribution in [1.82, 2.24) is 19.8 Å². The second-order valence-corrected chi connectivity index (χ2v) is 9.63. The average Bonchev–Trinajstić information content (AvgIpc) is 3.39. The Morgan fingerprint density at radius 2 is 2.20 bits per heavy atom. The minimum Gasteiger partial charge on any atom is -0.351 e. The zero-order valence-electron chi connectivity index (χ0n) is 16.9. The van der Waals surface area contributed by atoms with E-state index in [9.17, 15) is 14.4 Å². The van der Waals surface area contributed by atoms with Crippen LogP contribution in [0.2, 0.25) is 4.34 Å². The number of hydrogen-bond acceptors (Lipinski definition) is 5. The maximum Gasteiger partial charge on any atom is 0.232 e. The van der Waals surface area contributed by atoms with E-state index in [4.69, 9.17) is 11.6 Å². The van der Waals surface area contributed by atoms with Crippen LogP contribution in [0.25, 0.3) is 0 Å². The fraction of sp³-hybridized carbons (Fsp3) is 0.500. The lowest BCUT2D eigenvalue weighted by molar-refractivity contribution is -0.136. The standard InChI is InChI=1S/C20H24ClN5O3S/c1-11-14(23-16(27)6-4-12-3-5-15(21)30-12)7-8-26(11)20(29)13-9-17(28)24-19-18(13)25(2)10-22-19/h3,5,10-11,13-14H,4,6-9H2,1-2H3,(H,23,27)(H,24,28)/t11-,13?,14-/m1/s1. The van der Waals surface area contributed by atoms with Crippen LogP contribution in [-0.4, -0.2) is 50.8 Å². The number of aryl methyl sites for hydroxylation is 2. The van der Waals surface area contributed by atoms with E-state index in [1.165, 1.54) is 11.3 Å². The third kappa shape index (κ3) is 4.09. The average molecular weight is 450 g/mol. The van der Waals surface area contributed by atoms with Gasteiger partial charge in [-0.3, -0.25) is 14.4 Å². The van der Waals surface area contributed by atoms with Crippen molar-refractivity contribution >= 4 is 46.5 Å². The first-order valence-electron chi connectivity index (χ1n) is 9.98. The number of aromatic nitrogens is 2. The first-order chi connectivity index (χ1) is 14.3. The highest BCUT2D eigenvalue weighted by Crippen LogP contribution is 2.34. The summed E-state index contributed by atoms with van der Waals surface area (Å²) in [4.78, 5) is 44.8. The van der Waals surface area contributed by atoms with Crippen LogP contribution in [0.15, 0.2) is 18.5 Å². The molecule has 4 rings (SSSR count). The number of amides is 3. The van der Waals surface area contributed by atoms with Crippen molar-refractivity contribution in [3.63, 3.8) is 0 Å². The predicted molar refractivity (Wildman–Crippen MR) is 115 cm³/mol. The van der Waals surface area contributed by atoms with Gasteiger partial charge in [-0.1, -0.05) is 11.6 Å². The number of hydrogen-bond donors (Lipinski definition) is 2. The van der Waals surface area contributed by atoms with Gasteiger partial charge in [0.05, 0.1) is 28.3 Å². The number of halogens is 1. The minimum absolute atomic E-state index is 0.0309. The first-order valence-corrected chi connectivity index (χ1v) is 11.2. The Balaban J connectivity index is 1.37. The van der Waals surface area contributed by atoms with Crippen molar-refractivity contribution < 1.29 is 14.4 Å². The number of carbonyl (C=O) groups is 3. The van der Waals surface area contributed by atoms with Gasteiger partial charge in [0.1, 0.15) is 0 Å². The Morgan fingerprint density at radius 1 is 1.40 bits per heavy atom. The number of nitrogens with one attached hydrogen (secondary N) is 2. The van der Waals surface area contributed by atoms with Crippen LogP contribution >= 0.6 is 22.9 Å². The molecule has 3 amide bonds. The molecule has 2 aliphatic rings. The molecule has 3 atom stereocenters. The quantitative estimate of drug-likeness (QED) is 0.732. The molecular weight excluding hydrogens is 426 g/mol. The number of imidazole rings is 1. The highest BCUT2D eigenvalue weighted by molar-refractivity contribution is 7.16. The summed E-state index contributed by atoms with van der Waals surface area (Å²) in [7, 11) is 1.82. The van der Waals surface area contributed by atoms with Gasteiger partial charge in [-0.15, -0.1) is 11.3 Å². The van der Waals surface area contributed by atoms with E-state index in [0.29, 0.717) is 31.6 Å². The Labute approximate surface area is 183 Å². The summed E-state index contributed by atoms with van der Waals surface area (Å²) in [6.07, 6.45) is 3.44. The molecule has 2 aromatic heterocycles. The van der Waals surface area contributed by atoms with Gasteiger partial charge in [-0.2, -0.15) is 0 Å². The van der Waals surface area contributed by atoms with Crippen molar-refractivity contribution in [2.75, 3.05) is 11.9 Å². The molecule has 30 heavy (non-hydrogen) atoms. The lowest BCUT2D eigenvalue weighted by atomic mass is 9.95. The van der Waals surface area contributed by atoms with Crippen LogP contribution in [0.1, 0.15) is 42.7 Å². The maximum absolute atomic E-state index is 13.3. The number of rotatable bonds is 5. The number of fused-ring (bicyclic) bond motifs is 1. The Morgan fingerprint density at radius 3 is 2.93 bits per heavy atom. The molecule has 8 nitrogen and oxygen atoms in total. The minimum atomic E-state index is -0.554. The smallest absolute Gasteiger partial charge is 0.232 e. The van der Waals surface area contributed by atoms with Gasteiger partial charge in [0.25, 0.3) is 0 Å². The normalized spacial score (nSPS) is 23.2. The third-order valence-electron chi connectivity index (χ3n) is 5.87. The van der Waals surface area contributed by atoms with Crippen LogP contribution in [0.4, 0.5) is 5.82 Å². The Kier molecular flexibility index (Phi) is 5.84. The van der Waals surface area contributed by atoms with E-state index < -0.39 is 5.92 Å². The fourth-order valence-electron chi connectivity index (χ4n) is 4.26. The Bertz CT molecular complexity index is 987. The second-order valence-electron chi connectivity index (χ2n) is 7.83. The van der Waals surface area contributed by atoms with Gasteiger partial charge in [0.15, 0.2) is 5.82 Å². The van der Waals surface area contributed by atoms with E-state index in [2.05, 4.69) is 15.6 Å². The zero-order valence-corrected chi connectivity index (χ0v) is 18.4. The van der Waals surface area contributed by atoms with Crippen LogP contribution < -0.4 is 10.6 Å². The van der Waals surface area contributed by atoms with Crippen LogP contribution in [0.5, 0.6) is 0 Å². The maximum atomic E-state index is 13.3. The molecule has 10 heteroatoms. The van der Waals surface area contributed by atoms with Crippen molar-refractivity contribution in [2.45, 2.75) is 50.6 Å². The molecule has 0 aromatic carbocycles. The molecular formula is C20H24ClN5O3S. The summed E-state index contributed by atoms with van der Waals surface area (Å²) in [5.41, 5.74) is 0.730. The van der Waals surface area contributed by atoms with Crippen LogP contribution in [0, 0.1) is 0 Å². The summed E-state index contributed by atoms with van der Waals surface area (Å²) in [6.45, 7) is 2.50. The van der Waals surface area contributed by atoms with Crippen molar-refractivity contribution in [2.24, 2.45) is 7.05 Å². The molecule has 0 spiro atoms. The van der Waals surface area contributed by atoms with Gasteiger partial charge < -0.3 is 20.1 Å². The van der Waals surface area contributed by atoms with E-state index in [0.717, 1.165) is 14.9 Å². The number of likely N-dealkylation sites (tertiary alicyclic amines) is 1. The molecule has 0 aliphatic carbocycles. The van der Waals surface area contributed by atoms with Crippen LogP contribution in [0.3, 0.4) is 0 Å². The molecule has 0 radical (unpaired) electrons. The molecule has 0 saturated carbocycles. The van der Waals surface area contributed by atoms with E-state index >= 15 is 0 Å². The van der Waals surface area contributed by atoms with Crippen LogP contribution in [-0.2, 0) is 27.9 Å². The summed E-state index contributed by atoms with van der Waals surface area (Å²) in [5.74, 6) is -0.423. The van der Waals surface area contributed by atoms with Crippen molar-refractivity contribution in [1.29, 1.82) is 0 Å². The van der Waals surface area contributed by atoms with Crippen molar-refractivity contribution in [3.05, 3.63) is 33.4 Å². The Hall–Kier alpha value is -2.39. The number of anilines is 1. The van der Waals surface area contributed by atoms with Crippen molar-refractivity contribution in [3.8, 4) is 0 Å². The number of thiophene rings is 1. The molecule has 2 N–H and O–H groups in total. The summed E-state index contributed by atoms with van der Waals surface area (Å²) < 4.78 is 2.51. The highest BCUT2D eigenvalue weighted by atomic mass is 35.5. The predicted octanol–water partition coefficient (Wildman–Crippen LogP) is 2.30. The molecule has 2 aliphatic heterocycles. The molecule has 2 aromatic rings. The largest absolute Gasteiger partial charge is 0.351 e. The lowest BCUT2D eigenvalue weighted by Gasteiger charge is -2.30. The lowest BCUT2D eigenvalue weighted by Crippen LogP contribution is -2.47. The fourth-order valence-corrected chi connectivity index (χ4v) is 5.35. The zero-order chi connectivity index (χ0) is 21.4. The molecule has 1 unspecified atom stereocenters. The number of nitrogens with zero attached hydrogens (tertiary/aromatic N) is 3. The monoisotopic (exact) mass is 449 g/mol. The van der Waals surface area contributed by atoms with E-state index in [-0.39, 0.29) is 36.2 Å². The van der Waals surface area contributed by atoms with E-state index in [1.54, 1.807) is 15.8 Å². The first kappa shape index (κ1) is 20.9. The summed E-state index contributed by atoms with van der Waals surface area (Å²) >= 11 is 7.42. The van der Waals surface area contributed by atoms with Gasteiger partial charge >= 0.3 is 0 Å². The third-order valence-corrected chi connectivity index (χ3v) is 7.16. The summed E-state index contributed by atoms with van der Waals surface area (Å²) in [6, 6.07) is 3.53. The molecule has 1 fully saturated rings. The topological polar surface area (TPSA) is 96.3 Å². The van der Waals surface area contributed by atoms with Gasteiger partial charge in [0, 0.05) is 37.4 Å². The molecule has 4 heterocycles. The number of carbonyl (C=O) groups excluding carboxylic acids is 3. The van der Waals surface area contributed by atoms with Gasteiger partial charge in [-0.05, 0) is 31.9 Å². The van der Waals surface area contributed by atoms with Gasteiger partial charge in [-0.25, -0.2) is 4.98 Å². The van der Waals surface area contributed by atoms with Gasteiger partial charge in [0.2, 0.25) is 17.7 Å². The SMILES string of the molecule is C[C@@H]1[C@H](NC(=O)CCc2ccc(Cl)s2)CCN1C(=O)C1CC(=O)Nc2ncn(C)c21. The molecule has 1 saturated heterocycles. The molecule has 0 bridgehead atoms. The summed E-state index contributed by atoms with van der Waals surface area (Å²) in [5, 5.41) is 5.79.